The van der Waals surface area contributed by atoms with Crippen LogP contribution in [-0.2, 0) is 19.3 Å². The summed E-state index contributed by atoms with van der Waals surface area (Å²) in [4.78, 5) is 0. The molecule has 16 heavy (non-hydrogen) atoms. The summed E-state index contributed by atoms with van der Waals surface area (Å²) in [7, 11) is 0. The Hall–Kier alpha value is -1.30. The highest BCUT2D eigenvalue weighted by atomic mass is 14.1. The van der Waals surface area contributed by atoms with Gasteiger partial charge in [0.25, 0.3) is 0 Å². The zero-order valence-electron chi connectivity index (χ0n) is 10.7. The molecule has 0 heteroatoms. The molecule has 0 saturated heterocycles. The van der Waals surface area contributed by atoms with Gasteiger partial charge in [0.15, 0.2) is 0 Å². The maximum Gasteiger partial charge on any atom is -0.00947 e. The van der Waals surface area contributed by atoms with Crippen LogP contribution in [0.2, 0.25) is 0 Å². The molecule has 0 aromatic heterocycles. The van der Waals surface area contributed by atoms with E-state index in [-0.39, 0.29) is 0 Å². The number of aryl methyl sites for hydroxylation is 2. The van der Waals surface area contributed by atoms with Gasteiger partial charge in [0.05, 0.1) is 0 Å². The average molecular weight is 214 g/mol. The van der Waals surface area contributed by atoms with E-state index in [1.165, 1.54) is 22.3 Å². The summed E-state index contributed by atoms with van der Waals surface area (Å²) in [6.07, 6.45) is 9.46. The van der Waals surface area contributed by atoms with Crippen molar-refractivity contribution in [3.63, 3.8) is 0 Å². The number of hydrogen-bond donors (Lipinski definition) is 0. The fourth-order valence-corrected chi connectivity index (χ4v) is 2.15. The van der Waals surface area contributed by atoms with Crippen molar-refractivity contribution in [1.82, 2.24) is 0 Å². The van der Waals surface area contributed by atoms with Crippen LogP contribution in [0.4, 0.5) is 0 Å². The normalized spacial score (nSPS) is 10.9. The highest BCUT2D eigenvalue weighted by molar-refractivity contribution is 5.54. The van der Waals surface area contributed by atoms with Crippen LogP contribution in [0.15, 0.2) is 30.9 Å². The van der Waals surface area contributed by atoms with Crippen LogP contribution in [0.3, 0.4) is 0 Å². The molecular weight excluding hydrogens is 192 g/mol. The van der Waals surface area contributed by atoms with E-state index in [0.717, 1.165) is 19.3 Å². The minimum absolute atomic E-state index is 0.989. The van der Waals surface area contributed by atoms with Gasteiger partial charge in [-0.05, 0) is 48.4 Å². The zero-order chi connectivity index (χ0) is 12.0. The summed E-state index contributed by atoms with van der Waals surface area (Å²) < 4.78 is 0. The SMILES string of the molecule is C=CCc1c(CC)cc(/C=C/C)cc1CC. The van der Waals surface area contributed by atoms with Gasteiger partial charge in [0.2, 0.25) is 0 Å². The molecule has 0 spiro atoms. The third-order valence-electron chi connectivity index (χ3n) is 2.93. The standard InChI is InChI=1S/C16H22/c1-5-9-13-11-14(7-3)16(10-6-2)15(8-4)12-13/h5-6,9,11-12H,2,7-8,10H2,1,3-4H3/b9-5+. The predicted molar refractivity (Wildman–Crippen MR) is 73.8 cm³/mol. The van der Waals surface area contributed by atoms with E-state index in [0.29, 0.717) is 0 Å². The third-order valence-corrected chi connectivity index (χ3v) is 2.93. The largest absolute Gasteiger partial charge is 0.103 e. The van der Waals surface area contributed by atoms with E-state index in [2.05, 4.69) is 51.6 Å². The lowest BCUT2D eigenvalue weighted by Gasteiger charge is -2.13. The lowest BCUT2D eigenvalue weighted by Crippen LogP contribution is -1.99. The van der Waals surface area contributed by atoms with Crippen LogP contribution < -0.4 is 0 Å². The smallest absolute Gasteiger partial charge is 0.00947 e. The third kappa shape index (κ3) is 2.85. The van der Waals surface area contributed by atoms with E-state index in [4.69, 9.17) is 0 Å². The van der Waals surface area contributed by atoms with E-state index in [9.17, 15) is 0 Å². The maximum atomic E-state index is 3.85. The number of hydrogen-bond acceptors (Lipinski definition) is 0. The van der Waals surface area contributed by atoms with Gasteiger partial charge in [0.1, 0.15) is 0 Å². The first-order valence-corrected chi connectivity index (χ1v) is 6.15. The summed E-state index contributed by atoms with van der Waals surface area (Å²) in [5, 5.41) is 0. The molecule has 1 aromatic carbocycles. The van der Waals surface area contributed by atoms with Crippen molar-refractivity contribution in [2.24, 2.45) is 0 Å². The summed E-state index contributed by atoms with van der Waals surface area (Å²) in [6.45, 7) is 10.4. The van der Waals surface area contributed by atoms with Crippen LogP contribution in [0.5, 0.6) is 0 Å². The average Bonchev–Trinajstić information content (AvgIpc) is 2.31. The van der Waals surface area contributed by atoms with Gasteiger partial charge in [-0.15, -0.1) is 6.58 Å². The Bertz CT molecular complexity index is 358. The van der Waals surface area contributed by atoms with Gasteiger partial charge in [-0.1, -0.05) is 44.2 Å². The van der Waals surface area contributed by atoms with E-state index in [1.807, 2.05) is 6.08 Å². The minimum Gasteiger partial charge on any atom is -0.103 e. The molecular formula is C16H22. The molecule has 0 saturated carbocycles. The summed E-state index contributed by atoms with van der Waals surface area (Å²) in [5.74, 6) is 0. The maximum absolute atomic E-state index is 3.85. The lowest BCUT2D eigenvalue weighted by atomic mass is 9.92. The summed E-state index contributed by atoms with van der Waals surface area (Å²) in [5.41, 5.74) is 5.73. The van der Waals surface area contributed by atoms with Crippen LogP contribution in [0.1, 0.15) is 43.0 Å². The Balaban J connectivity index is 3.29. The molecule has 1 aromatic rings. The highest BCUT2D eigenvalue weighted by Gasteiger charge is 2.06. The van der Waals surface area contributed by atoms with Crippen LogP contribution in [0.25, 0.3) is 6.08 Å². The Morgan fingerprint density at radius 2 is 1.69 bits per heavy atom. The Labute approximate surface area is 99.7 Å². The van der Waals surface area contributed by atoms with Gasteiger partial charge in [-0.25, -0.2) is 0 Å². The van der Waals surface area contributed by atoms with E-state index < -0.39 is 0 Å². The number of allylic oxidation sites excluding steroid dienone is 2. The van der Waals surface area contributed by atoms with Gasteiger partial charge in [-0.2, -0.15) is 0 Å². The minimum atomic E-state index is 0.989. The fraction of sp³-hybridized carbons (Fsp3) is 0.375. The molecule has 0 atom stereocenters. The quantitative estimate of drug-likeness (QED) is 0.630. The number of benzene rings is 1. The van der Waals surface area contributed by atoms with E-state index >= 15 is 0 Å². The van der Waals surface area contributed by atoms with Crippen molar-refractivity contribution < 1.29 is 0 Å². The van der Waals surface area contributed by atoms with Crippen molar-refractivity contribution in [1.29, 1.82) is 0 Å². The van der Waals surface area contributed by atoms with Crippen molar-refractivity contribution in [2.75, 3.05) is 0 Å². The second-order valence-corrected chi connectivity index (χ2v) is 4.02. The number of rotatable bonds is 5. The second kappa shape index (κ2) is 6.32. The zero-order valence-corrected chi connectivity index (χ0v) is 10.7. The molecule has 0 bridgehead atoms. The van der Waals surface area contributed by atoms with Gasteiger partial charge >= 0.3 is 0 Å². The van der Waals surface area contributed by atoms with Gasteiger partial charge in [-0.3, -0.25) is 0 Å². The topological polar surface area (TPSA) is 0 Å². The fourth-order valence-electron chi connectivity index (χ4n) is 2.15. The lowest BCUT2D eigenvalue weighted by molar-refractivity contribution is 1.01. The first-order chi connectivity index (χ1) is 7.76. The summed E-state index contributed by atoms with van der Waals surface area (Å²) >= 11 is 0. The molecule has 0 aliphatic heterocycles. The first-order valence-electron chi connectivity index (χ1n) is 6.15. The Kier molecular flexibility index (Phi) is 5.04. The highest BCUT2D eigenvalue weighted by Crippen LogP contribution is 2.21. The van der Waals surface area contributed by atoms with Crippen LogP contribution >= 0.6 is 0 Å². The van der Waals surface area contributed by atoms with Crippen LogP contribution in [-0.4, -0.2) is 0 Å². The van der Waals surface area contributed by atoms with Crippen molar-refractivity contribution in [2.45, 2.75) is 40.0 Å². The predicted octanol–water partition coefficient (Wildman–Crippen LogP) is 4.57. The van der Waals surface area contributed by atoms with E-state index in [1.54, 1.807) is 0 Å². The Morgan fingerprint density at radius 1 is 1.12 bits per heavy atom. The van der Waals surface area contributed by atoms with Crippen molar-refractivity contribution in [3.05, 3.63) is 53.1 Å². The molecule has 0 aliphatic rings. The first kappa shape index (κ1) is 12.8. The molecule has 1 rings (SSSR count). The molecule has 0 N–H and O–H groups in total. The molecule has 86 valence electrons. The van der Waals surface area contributed by atoms with Crippen molar-refractivity contribution >= 4 is 6.08 Å². The molecule has 0 heterocycles. The Morgan fingerprint density at radius 3 is 2.06 bits per heavy atom. The molecule has 0 aliphatic carbocycles. The van der Waals surface area contributed by atoms with Gasteiger partial charge < -0.3 is 0 Å². The van der Waals surface area contributed by atoms with Crippen LogP contribution in [0, 0.1) is 0 Å². The molecule has 0 radical (unpaired) electrons. The molecule has 0 amide bonds. The monoisotopic (exact) mass is 214 g/mol. The van der Waals surface area contributed by atoms with Gasteiger partial charge in [0, 0.05) is 0 Å². The second-order valence-electron chi connectivity index (χ2n) is 4.02. The molecule has 0 unspecified atom stereocenters. The molecule has 0 fully saturated rings. The van der Waals surface area contributed by atoms with Crippen molar-refractivity contribution in [3.8, 4) is 0 Å². The molecule has 0 nitrogen and oxygen atoms in total. The summed E-state index contributed by atoms with van der Waals surface area (Å²) in [6, 6.07) is 4.61.